The topological polar surface area (TPSA) is 42.4 Å². The van der Waals surface area contributed by atoms with Crippen molar-refractivity contribution in [3.63, 3.8) is 0 Å². The van der Waals surface area contributed by atoms with E-state index in [2.05, 4.69) is 4.98 Å². The molecule has 0 radical (unpaired) electrons. The molecule has 1 aliphatic rings. The Balaban J connectivity index is 2.15. The maximum atomic E-state index is 8.93. The summed E-state index contributed by atoms with van der Waals surface area (Å²) in [4.78, 5) is 4.05. The van der Waals surface area contributed by atoms with Gasteiger partial charge in [0.05, 0.1) is 6.61 Å². The molecule has 1 fully saturated rings. The van der Waals surface area contributed by atoms with Crippen molar-refractivity contribution in [1.29, 1.82) is 0 Å². The van der Waals surface area contributed by atoms with Crippen LogP contribution in [0.25, 0.3) is 0 Å². The Morgan fingerprint density at radius 3 is 3.08 bits per heavy atom. The molecule has 1 aromatic heterocycles. The molecule has 0 saturated heterocycles. The average Bonchev–Trinajstić information content (AvgIpc) is 2.89. The van der Waals surface area contributed by atoms with E-state index in [0.29, 0.717) is 12.0 Å². The van der Waals surface area contributed by atoms with Gasteiger partial charge in [-0.2, -0.15) is 0 Å². The molecule has 64 valence electrons. The van der Waals surface area contributed by atoms with Gasteiger partial charge in [-0.05, 0) is 25.0 Å². The number of aromatic nitrogens is 1. The third-order valence-electron chi connectivity index (χ3n) is 1.82. The molecule has 2 rings (SSSR count). The molecule has 0 amide bonds. The van der Waals surface area contributed by atoms with Crippen molar-refractivity contribution in [2.45, 2.75) is 25.6 Å². The fourth-order valence-corrected chi connectivity index (χ4v) is 0.994. The molecular weight excluding hydrogens is 154 g/mol. The van der Waals surface area contributed by atoms with Crippen LogP contribution in [0.2, 0.25) is 0 Å². The monoisotopic (exact) mass is 165 g/mol. The summed E-state index contributed by atoms with van der Waals surface area (Å²) in [5, 5.41) is 8.93. The first kappa shape index (κ1) is 7.55. The first-order valence-corrected chi connectivity index (χ1v) is 4.11. The van der Waals surface area contributed by atoms with E-state index < -0.39 is 0 Å². The van der Waals surface area contributed by atoms with E-state index in [0.717, 1.165) is 18.4 Å². The standard InChI is InChI=1S/C9H11NO2/c11-6-7-2-1-5-10-9(7)12-8-3-4-8/h1-2,5,8,11H,3-4,6H2. The van der Waals surface area contributed by atoms with Crippen LogP contribution in [0.4, 0.5) is 0 Å². The lowest BCUT2D eigenvalue weighted by Crippen LogP contribution is -2.01. The molecule has 3 nitrogen and oxygen atoms in total. The number of hydrogen-bond donors (Lipinski definition) is 1. The van der Waals surface area contributed by atoms with Gasteiger partial charge in [0.15, 0.2) is 0 Å². The van der Waals surface area contributed by atoms with Gasteiger partial charge in [-0.3, -0.25) is 0 Å². The molecule has 0 spiro atoms. The predicted octanol–water partition coefficient (Wildman–Crippen LogP) is 1.12. The van der Waals surface area contributed by atoms with Gasteiger partial charge < -0.3 is 9.84 Å². The van der Waals surface area contributed by atoms with Crippen LogP contribution in [0.3, 0.4) is 0 Å². The van der Waals surface area contributed by atoms with Crippen molar-refractivity contribution in [3.05, 3.63) is 23.9 Å². The molecule has 1 aliphatic carbocycles. The maximum Gasteiger partial charge on any atom is 0.219 e. The number of nitrogens with zero attached hydrogens (tertiary/aromatic N) is 1. The van der Waals surface area contributed by atoms with E-state index in [9.17, 15) is 0 Å². The largest absolute Gasteiger partial charge is 0.474 e. The Bertz CT molecular complexity index is 271. The van der Waals surface area contributed by atoms with Gasteiger partial charge in [-0.1, -0.05) is 0 Å². The summed E-state index contributed by atoms with van der Waals surface area (Å²) in [5.41, 5.74) is 0.768. The first-order valence-electron chi connectivity index (χ1n) is 4.11. The Kier molecular flexibility index (Phi) is 1.96. The zero-order chi connectivity index (χ0) is 8.39. The van der Waals surface area contributed by atoms with E-state index in [4.69, 9.17) is 9.84 Å². The minimum Gasteiger partial charge on any atom is -0.474 e. The molecule has 1 N–H and O–H groups in total. The van der Waals surface area contributed by atoms with Crippen molar-refractivity contribution in [2.75, 3.05) is 0 Å². The fraction of sp³-hybridized carbons (Fsp3) is 0.444. The predicted molar refractivity (Wildman–Crippen MR) is 43.8 cm³/mol. The minimum absolute atomic E-state index is 0.00407. The van der Waals surface area contributed by atoms with E-state index in [1.54, 1.807) is 12.3 Å². The number of pyridine rings is 1. The highest BCUT2D eigenvalue weighted by Crippen LogP contribution is 2.27. The van der Waals surface area contributed by atoms with Crippen LogP contribution >= 0.6 is 0 Å². The lowest BCUT2D eigenvalue weighted by Gasteiger charge is -2.06. The highest BCUT2D eigenvalue weighted by molar-refractivity contribution is 5.24. The minimum atomic E-state index is -0.00407. The summed E-state index contributed by atoms with van der Waals surface area (Å²) in [6, 6.07) is 3.62. The molecule has 1 heterocycles. The molecule has 1 saturated carbocycles. The van der Waals surface area contributed by atoms with Gasteiger partial charge in [0.2, 0.25) is 5.88 Å². The number of hydrogen-bond acceptors (Lipinski definition) is 3. The van der Waals surface area contributed by atoms with Crippen molar-refractivity contribution >= 4 is 0 Å². The van der Waals surface area contributed by atoms with E-state index >= 15 is 0 Å². The summed E-state index contributed by atoms with van der Waals surface area (Å²) in [5.74, 6) is 0.586. The lowest BCUT2D eigenvalue weighted by atomic mass is 10.3. The number of ether oxygens (including phenoxy) is 1. The number of aliphatic hydroxyl groups is 1. The van der Waals surface area contributed by atoms with Crippen LogP contribution in [0.15, 0.2) is 18.3 Å². The third-order valence-corrected chi connectivity index (χ3v) is 1.82. The first-order chi connectivity index (χ1) is 5.90. The van der Waals surface area contributed by atoms with E-state index in [-0.39, 0.29) is 6.61 Å². The summed E-state index contributed by atoms with van der Waals surface area (Å²) in [6.45, 7) is -0.00407. The average molecular weight is 165 g/mol. The molecule has 3 heteroatoms. The van der Waals surface area contributed by atoms with E-state index in [1.165, 1.54) is 0 Å². The van der Waals surface area contributed by atoms with Crippen LogP contribution in [0.5, 0.6) is 5.88 Å². The zero-order valence-corrected chi connectivity index (χ0v) is 6.73. The van der Waals surface area contributed by atoms with Crippen molar-refractivity contribution in [3.8, 4) is 5.88 Å². The second kappa shape index (κ2) is 3.11. The molecule has 0 bridgehead atoms. The van der Waals surface area contributed by atoms with Gasteiger partial charge in [0, 0.05) is 11.8 Å². The van der Waals surface area contributed by atoms with Crippen molar-refractivity contribution in [1.82, 2.24) is 4.98 Å². The van der Waals surface area contributed by atoms with Crippen LogP contribution in [-0.4, -0.2) is 16.2 Å². The quantitative estimate of drug-likeness (QED) is 0.729. The van der Waals surface area contributed by atoms with Crippen molar-refractivity contribution in [2.24, 2.45) is 0 Å². The van der Waals surface area contributed by atoms with Gasteiger partial charge >= 0.3 is 0 Å². The van der Waals surface area contributed by atoms with Crippen LogP contribution in [-0.2, 0) is 6.61 Å². The van der Waals surface area contributed by atoms with Crippen LogP contribution in [0.1, 0.15) is 18.4 Å². The Morgan fingerprint density at radius 2 is 2.42 bits per heavy atom. The molecule has 0 unspecified atom stereocenters. The summed E-state index contributed by atoms with van der Waals surface area (Å²) < 4.78 is 5.48. The highest BCUT2D eigenvalue weighted by atomic mass is 16.5. The maximum absolute atomic E-state index is 8.93. The molecule has 1 aromatic rings. The summed E-state index contributed by atoms with van der Waals surface area (Å²) in [6.07, 6.45) is 4.24. The second-order valence-corrected chi connectivity index (χ2v) is 2.94. The Labute approximate surface area is 71.0 Å². The zero-order valence-electron chi connectivity index (χ0n) is 6.73. The number of rotatable bonds is 3. The third kappa shape index (κ3) is 1.56. The fourth-order valence-electron chi connectivity index (χ4n) is 0.994. The second-order valence-electron chi connectivity index (χ2n) is 2.94. The van der Waals surface area contributed by atoms with Gasteiger partial charge in [0.1, 0.15) is 6.10 Å². The Morgan fingerprint density at radius 1 is 1.58 bits per heavy atom. The lowest BCUT2D eigenvalue weighted by molar-refractivity contribution is 0.252. The van der Waals surface area contributed by atoms with Crippen molar-refractivity contribution < 1.29 is 9.84 Å². The van der Waals surface area contributed by atoms with Gasteiger partial charge in [-0.25, -0.2) is 4.98 Å². The Hall–Kier alpha value is -1.09. The SMILES string of the molecule is OCc1cccnc1OC1CC1. The van der Waals surface area contributed by atoms with Crippen LogP contribution in [0, 0.1) is 0 Å². The van der Waals surface area contributed by atoms with Gasteiger partial charge in [0.25, 0.3) is 0 Å². The normalized spacial score (nSPS) is 16.1. The molecule has 0 atom stereocenters. The molecule has 12 heavy (non-hydrogen) atoms. The summed E-state index contributed by atoms with van der Waals surface area (Å²) in [7, 11) is 0. The van der Waals surface area contributed by atoms with E-state index in [1.807, 2.05) is 6.07 Å². The van der Waals surface area contributed by atoms with Crippen LogP contribution < -0.4 is 4.74 Å². The summed E-state index contributed by atoms with van der Waals surface area (Å²) >= 11 is 0. The molecule has 0 aromatic carbocycles. The molecule has 0 aliphatic heterocycles. The number of aliphatic hydroxyl groups excluding tert-OH is 1. The molecular formula is C9H11NO2. The van der Waals surface area contributed by atoms with Gasteiger partial charge in [-0.15, -0.1) is 0 Å². The highest BCUT2D eigenvalue weighted by Gasteiger charge is 2.24. The smallest absolute Gasteiger partial charge is 0.219 e.